The highest BCUT2D eigenvalue weighted by atomic mass is 35.5. The highest BCUT2D eigenvalue weighted by Gasteiger charge is 1.97. The topological polar surface area (TPSA) is 0 Å². The second kappa shape index (κ2) is 4.69. The molecule has 0 fully saturated rings. The van der Waals surface area contributed by atoms with Gasteiger partial charge in [0.1, 0.15) is 0 Å². The Morgan fingerprint density at radius 3 is 2.13 bits per heavy atom. The van der Waals surface area contributed by atoms with Crippen LogP contribution in [-0.2, 0) is 6.42 Å². The van der Waals surface area contributed by atoms with Crippen LogP contribution in [0.15, 0.2) is 48.5 Å². The lowest BCUT2D eigenvalue weighted by molar-refractivity contribution is 1.19. The summed E-state index contributed by atoms with van der Waals surface area (Å²) < 4.78 is 0. The maximum Gasteiger partial charge on any atom is 0.0408 e. The Hall–Kier alpha value is -0.980. The van der Waals surface area contributed by atoms with Crippen molar-refractivity contribution in [3.8, 4) is 0 Å². The molecule has 0 aliphatic rings. The quantitative estimate of drug-likeness (QED) is 0.716. The first-order valence-corrected chi connectivity index (χ1v) is 5.48. The molecule has 0 N–H and O–H groups in total. The Balaban J connectivity index is 2.18. The van der Waals surface area contributed by atoms with Crippen LogP contribution in [0.1, 0.15) is 11.1 Å². The normalized spacial score (nSPS) is 10.3. The summed E-state index contributed by atoms with van der Waals surface area (Å²) in [6.07, 6.45) is 0.887. The van der Waals surface area contributed by atoms with E-state index in [1.54, 1.807) is 0 Å². The van der Waals surface area contributed by atoms with Gasteiger partial charge in [0.25, 0.3) is 0 Å². The van der Waals surface area contributed by atoms with Gasteiger partial charge in [-0.25, -0.2) is 0 Å². The van der Waals surface area contributed by atoms with Gasteiger partial charge in [-0.05, 0) is 41.8 Å². The van der Waals surface area contributed by atoms with E-state index in [9.17, 15) is 0 Å². The zero-order chi connectivity index (χ0) is 10.7. The van der Waals surface area contributed by atoms with Crippen LogP contribution >= 0.6 is 23.2 Å². The van der Waals surface area contributed by atoms with Gasteiger partial charge < -0.3 is 0 Å². The maximum absolute atomic E-state index is 5.92. The lowest BCUT2D eigenvalue weighted by Gasteiger charge is -2.02. The van der Waals surface area contributed by atoms with Gasteiger partial charge in [0.15, 0.2) is 0 Å². The minimum atomic E-state index is 0.768. The van der Waals surface area contributed by atoms with Gasteiger partial charge in [0, 0.05) is 10.0 Å². The Labute approximate surface area is 99.5 Å². The van der Waals surface area contributed by atoms with E-state index in [-0.39, 0.29) is 0 Å². The Morgan fingerprint density at radius 2 is 1.47 bits per heavy atom. The summed E-state index contributed by atoms with van der Waals surface area (Å²) in [5, 5.41) is 1.55. The zero-order valence-electron chi connectivity index (χ0n) is 8.08. The molecule has 0 aliphatic heterocycles. The molecule has 0 bridgehead atoms. The van der Waals surface area contributed by atoms with Gasteiger partial charge in [-0.2, -0.15) is 0 Å². The fourth-order valence-corrected chi connectivity index (χ4v) is 1.82. The maximum atomic E-state index is 5.92. The Kier molecular flexibility index (Phi) is 3.30. The molecule has 76 valence electrons. The molecule has 0 unspecified atom stereocenters. The first kappa shape index (κ1) is 10.5. The van der Waals surface area contributed by atoms with E-state index in [1.165, 1.54) is 11.1 Å². The second-order valence-corrected chi connectivity index (χ2v) is 4.31. The molecule has 2 rings (SSSR count). The SMILES string of the molecule is Clc1ccc(Cc2cccc(Cl)c2)cc1. The fourth-order valence-electron chi connectivity index (χ4n) is 1.48. The monoisotopic (exact) mass is 236 g/mol. The summed E-state index contributed by atoms with van der Waals surface area (Å²) in [5.74, 6) is 0. The van der Waals surface area contributed by atoms with Crippen LogP contribution < -0.4 is 0 Å². The molecular weight excluding hydrogens is 227 g/mol. The molecule has 0 spiro atoms. The van der Waals surface area contributed by atoms with E-state index in [4.69, 9.17) is 23.2 Å². The van der Waals surface area contributed by atoms with Gasteiger partial charge in [-0.15, -0.1) is 0 Å². The van der Waals surface area contributed by atoms with E-state index < -0.39 is 0 Å². The molecule has 0 amide bonds. The van der Waals surface area contributed by atoms with Crippen LogP contribution in [-0.4, -0.2) is 0 Å². The lowest BCUT2D eigenvalue weighted by atomic mass is 10.1. The van der Waals surface area contributed by atoms with Crippen molar-refractivity contribution in [2.24, 2.45) is 0 Å². The summed E-state index contributed by atoms with van der Waals surface area (Å²) in [7, 11) is 0. The Bertz CT molecular complexity index is 446. The van der Waals surface area contributed by atoms with E-state index >= 15 is 0 Å². The minimum Gasteiger partial charge on any atom is -0.0843 e. The van der Waals surface area contributed by atoms with Gasteiger partial charge in [-0.1, -0.05) is 47.5 Å². The summed E-state index contributed by atoms with van der Waals surface area (Å²) >= 11 is 11.7. The van der Waals surface area contributed by atoms with Crippen LogP contribution in [0, 0.1) is 0 Å². The molecule has 2 aromatic carbocycles. The Morgan fingerprint density at radius 1 is 0.733 bits per heavy atom. The number of halogens is 2. The highest BCUT2D eigenvalue weighted by molar-refractivity contribution is 6.30. The molecule has 0 nitrogen and oxygen atoms in total. The van der Waals surface area contributed by atoms with Crippen molar-refractivity contribution in [1.29, 1.82) is 0 Å². The van der Waals surface area contributed by atoms with E-state index in [0.29, 0.717) is 0 Å². The molecule has 2 heteroatoms. The molecule has 2 aromatic rings. The van der Waals surface area contributed by atoms with Gasteiger partial charge in [-0.3, -0.25) is 0 Å². The van der Waals surface area contributed by atoms with Crippen LogP contribution in [0.5, 0.6) is 0 Å². The van der Waals surface area contributed by atoms with Crippen LogP contribution in [0.2, 0.25) is 10.0 Å². The van der Waals surface area contributed by atoms with Crippen molar-refractivity contribution in [1.82, 2.24) is 0 Å². The average molecular weight is 237 g/mol. The van der Waals surface area contributed by atoms with Crippen LogP contribution in [0.4, 0.5) is 0 Å². The van der Waals surface area contributed by atoms with Crippen molar-refractivity contribution >= 4 is 23.2 Å². The number of rotatable bonds is 2. The standard InChI is InChI=1S/C13H10Cl2/c14-12-6-4-10(5-7-12)8-11-2-1-3-13(15)9-11/h1-7,9H,8H2. The van der Waals surface area contributed by atoms with E-state index in [0.717, 1.165) is 16.5 Å². The van der Waals surface area contributed by atoms with Crippen molar-refractivity contribution in [2.75, 3.05) is 0 Å². The lowest BCUT2D eigenvalue weighted by Crippen LogP contribution is -1.87. The predicted octanol–water partition coefficient (Wildman–Crippen LogP) is 4.58. The molecule has 0 heterocycles. The molecule has 0 aromatic heterocycles. The molecule has 0 aliphatic carbocycles. The molecule has 0 saturated carbocycles. The first-order valence-electron chi connectivity index (χ1n) is 4.73. The van der Waals surface area contributed by atoms with Crippen molar-refractivity contribution in [2.45, 2.75) is 6.42 Å². The van der Waals surface area contributed by atoms with Crippen molar-refractivity contribution < 1.29 is 0 Å². The third-order valence-corrected chi connectivity index (χ3v) is 2.70. The fraction of sp³-hybridized carbons (Fsp3) is 0.0769. The average Bonchev–Trinajstić information content (AvgIpc) is 2.22. The highest BCUT2D eigenvalue weighted by Crippen LogP contribution is 2.16. The summed E-state index contributed by atoms with van der Waals surface area (Å²) in [4.78, 5) is 0. The first-order chi connectivity index (χ1) is 7.24. The second-order valence-electron chi connectivity index (χ2n) is 3.43. The number of benzene rings is 2. The van der Waals surface area contributed by atoms with Crippen molar-refractivity contribution in [3.05, 3.63) is 69.7 Å². The summed E-state index contributed by atoms with van der Waals surface area (Å²) in [6.45, 7) is 0. The third-order valence-electron chi connectivity index (χ3n) is 2.21. The van der Waals surface area contributed by atoms with Crippen LogP contribution in [0.3, 0.4) is 0 Å². The molecule has 15 heavy (non-hydrogen) atoms. The molecule has 0 saturated heterocycles. The predicted molar refractivity (Wildman–Crippen MR) is 65.7 cm³/mol. The molecular formula is C13H10Cl2. The molecule has 0 radical (unpaired) electrons. The van der Waals surface area contributed by atoms with E-state index in [1.807, 2.05) is 42.5 Å². The molecule has 0 atom stereocenters. The van der Waals surface area contributed by atoms with Crippen molar-refractivity contribution in [3.63, 3.8) is 0 Å². The van der Waals surface area contributed by atoms with Gasteiger partial charge >= 0.3 is 0 Å². The summed E-state index contributed by atoms with van der Waals surface area (Å²) in [5.41, 5.74) is 2.45. The largest absolute Gasteiger partial charge is 0.0843 e. The van der Waals surface area contributed by atoms with Crippen LogP contribution in [0.25, 0.3) is 0 Å². The van der Waals surface area contributed by atoms with Gasteiger partial charge in [0.2, 0.25) is 0 Å². The van der Waals surface area contributed by atoms with Gasteiger partial charge in [0.05, 0.1) is 0 Å². The minimum absolute atomic E-state index is 0.768. The van der Waals surface area contributed by atoms with E-state index in [2.05, 4.69) is 6.07 Å². The summed E-state index contributed by atoms with van der Waals surface area (Å²) in [6, 6.07) is 15.8. The smallest absolute Gasteiger partial charge is 0.0408 e. The third kappa shape index (κ3) is 2.98. The zero-order valence-corrected chi connectivity index (χ0v) is 9.59. The number of hydrogen-bond donors (Lipinski definition) is 0. The number of hydrogen-bond acceptors (Lipinski definition) is 0.